The lowest BCUT2D eigenvalue weighted by molar-refractivity contribution is 0.102. The molecule has 0 radical (unpaired) electrons. The summed E-state index contributed by atoms with van der Waals surface area (Å²) in [6.45, 7) is 0. The molecule has 0 saturated heterocycles. The molecule has 0 bridgehead atoms. The van der Waals surface area contributed by atoms with Crippen molar-refractivity contribution in [2.24, 2.45) is 0 Å². The maximum atomic E-state index is 11.9. The number of aromatic nitrogens is 3. The second-order valence-corrected chi connectivity index (χ2v) is 5.64. The molecule has 128 valence electrons. The molecule has 0 spiro atoms. The topological polar surface area (TPSA) is 116 Å². The van der Waals surface area contributed by atoms with E-state index >= 15 is 0 Å². The van der Waals surface area contributed by atoms with E-state index in [9.17, 15) is 4.79 Å². The Balaban J connectivity index is 1.93. The number of nitrogens with two attached hydrogens (primary N) is 1. The highest BCUT2D eigenvalue weighted by Crippen LogP contribution is 2.39. The second kappa shape index (κ2) is 6.96. The number of carbonyl (C=O) groups excluding carboxylic acids is 1. The maximum absolute atomic E-state index is 11.9. The van der Waals surface area contributed by atoms with E-state index in [1.807, 2.05) is 0 Å². The Morgan fingerprint density at radius 1 is 1.32 bits per heavy atom. The van der Waals surface area contributed by atoms with Gasteiger partial charge in [0, 0.05) is 16.7 Å². The molecule has 0 unspecified atom stereocenters. The summed E-state index contributed by atoms with van der Waals surface area (Å²) >= 11 is 12.3. The first-order valence-electron chi connectivity index (χ1n) is 6.86. The first kappa shape index (κ1) is 17.0. The van der Waals surface area contributed by atoms with Crippen LogP contribution >= 0.6 is 23.2 Å². The van der Waals surface area contributed by atoms with Crippen molar-refractivity contribution < 1.29 is 14.1 Å². The molecule has 3 rings (SSSR count). The molecular formula is C15H11Cl2N5O3. The van der Waals surface area contributed by atoms with Gasteiger partial charge >= 0.3 is 0 Å². The van der Waals surface area contributed by atoms with E-state index in [2.05, 4.69) is 25.0 Å². The van der Waals surface area contributed by atoms with Gasteiger partial charge in [0.25, 0.3) is 5.91 Å². The molecule has 0 saturated carbocycles. The Labute approximate surface area is 151 Å². The summed E-state index contributed by atoms with van der Waals surface area (Å²) in [6.07, 6.45) is 3.83. The van der Waals surface area contributed by atoms with Gasteiger partial charge in [-0.3, -0.25) is 4.79 Å². The molecule has 0 fully saturated rings. The number of amides is 1. The van der Waals surface area contributed by atoms with Crippen LogP contribution in [0.1, 0.15) is 10.4 Å². The molecule has 3 N–H and O–H groups in total. The van der Waals surface area contributed by atoms with Crippen molar-refractivity contribution in [2.75, 3.05) is 18.2 Å². The number of nitrogen functional groups attached to an aromatic ring is 1. The average molecular weight is 380 g/mol. The van der Waals surface area contributed by atoms with Crippen molar-refractivity contribution in [2.45, 2.75) is 0 Å². The zero-order chi connectivity index (χ0) is 18.0. The first-order valence-corrected chi connectivity index (χ1v) is 7.62. The zero-order valence-corrected chi connectivity index (χ0v) is 14.3. The first-order chi connectivity index (χ1) is 12.0. The van der Waals surface area contributed by atoms with E-state index in [0.29, 0.717) is 27.1 Å². The van der Waals surface area contributed by atoms with Crippen LogP contribution in [0.2, 0.25) is 10.0 Å². The lowest BCUT2D eigenvalue weighted by atomic mass is 10.1. The molecule has 0 aliphatic heterocycles. The number of halogens is 2. The van der Waals surface area contributed by atoms with Crippen molar-refractivity contribution in [3.8, 4) is 17.0 Å². The minimum atomic E-state index is -0.454. The molecule has 3 aromatic rings. The Morgan fingerprint density at radius 3 is 2.76 bits per heavy atom. The number of carbonyl (C=O) groups is 1. The molecular weight excluding hydrogens is 369 g/mol. The summed E-state index contributed by atoms with van der Waals surface area (Å²) in [4.78, 5) is 20.3. The fourth-order valence-corrected chi connectivity index (χ4v) is 2.55. The van der Waals surface area contributed by atoms with Crippen LogP contribution in [0.5, 0.6) is 5.75 Å². The Hall–Kier alpha value is -2.84. The van der Waals surface area contributed by atoms with Crippen LogP contribution in [0.4, 0.5) is 11.6 Å². The van der Waals surface area contributed by atoms with Crippen molar-refractivity contribution in [1.29, 1.82) is 0 Å². The van der Waals surface area contributed by atoms with E-state index in [1.54, 1.807) is 12.1 Å². The average Bonchev–Trinajstić information content (AvgIpc) is 3.12. The molecule has 10 heteroatoms. The minimum absolute atomic E-state index is 0.0642. The fourth-order valence-electron chi connectivity index (χ4n) is 2.06. The lowest BCUT2D eigenvalue weighted by Gasteiger charge is -2.11. The zero-order valence-electron chi connectivity index (χ0n) is 12.8. The van der Waals surface area contributed by atoms with Crippen LogP contribution in [0.3, 0.4) is 0 Å². The Kier molecular flexibility index (Phi) is 4.73. The fraction of sp³-hybridized carbons (Fsp3) is 0.0667. The van der Waals surface area contributed by atoms with Gasteiger partial charge in [-0.05, 0) is 6.07 Å². The summed E-state index contributed by atoms with van der Waals surface area (Å²) in [6, 6.07) is 3.17. The number of methoxy groups -OCH3 is 1. The number of benzene rings is 1. The SMILES string of the molecule is COc1cc(Cl)cc(-c2ncc(NC(=O)c3cnoc3)nc2N)c1Cl. The number of anilines is 2. The Bertz CT molecular complexity index is 931. The number of ether oxygens (including phenoxy) is 1. The highest BCUT2D eigenvalue weighted by Gasteiger charge is 2.17. The summed E-state index contributed by atoms with van der Waals surface area (Å²) in [5.74, 6) is 0.160. The van der Waals surface area contributed by atoms with E-state index in [0.717, 1.165) is 0 Å². The van der Waals surface area contributed by atoms with Crippen LogP contribution in [0, 0.1) is 0 Å². The van der Waals surface area contributed by atoms with Crippen LogP contribution in [-0.4, -0.2) is 28.1 Å². The molecule has 1 amide bonds. The highest BCUT2D eigenvalue weighted by atomic mass is 35.5. The number of nitrogens with one attached hydrogen (secondary N) is 1. The summed E-state index contributed by atoms with van der Waals surface area (Å²) in [5.41, 5.74) is 6.98. The van der Waals surface area contributed by atoms with Crippen molar-refractivity contribution in [3.05, 3.63) is 46.4 Å². The largest absolute Gasteiger partial charge is 0.495 e. The van der Waals surface area contributed by atoms with Crippen molar-refractivity contribution in [3.63, 3.8) is 0 Å². The van der Waals surface area contributed by atoms with Gasteiger partial charge in [-0.15, -0.1) is 0 Å². The molecule has 2 aromatic heterocycles. The van der Waals surface area contributed by atoms with Gasteiger partial charge in [-0.25, -0.2) is 9.97 Å². The predicted molar refractivity (Wildman–Crippen MR) is 92.9 cm³/mol. The second-order valence-electron chi connectivity index (χ2n) is 4.83. The third kappa shape index (κ3) is 3.49. The summed E-state index contributed by atoms with van der Waals surface area (Å²) in [7, 11) is 1.47. The third-order valence-corrected chi connectivity index (χ3v) is 3.82. The van der Waals surface area contributed by atoms with Crippen molar-refractivity contribution >= 4 is 40.7 Å². The van der Waals surface area contributed by atoms with Crippen LogP contribution in [-0.2, 0) is 0 Å². The van der Waals surface area contributed by atoms with E-state index < -0.39 is 5.91 Å². The summed E-state index contributed by atoms with van der Waals surface area (Å²) < 4.78 is 9.78. The lowest BCUT2D eigenvalue weighted by Crippen LogP contribution is -2.13. The predicted octanol–water partition coefficient (Wildman–Crippen LogP) is 3.28. The standard InChI is InChI=1S/C15H11Cl2N5O3/c1-24-10-3-8(16)2-9(12(10)17)13-14(18)21-11(5-19-13)22-15(23)7-4-20-25-6-7/h2-6H,1H3,(H3,18,21,22,23). The third-order valence-electron chi connectivity index (χ3n) is 3.21. The molecule has 8 nitrogen and oxygen atoms in total. The van der Waals surface area contributed by atoms with Gasteiger partial charge < -0.3 is 20.3 Å². The summed E-state index contributed by atoms with van der Waals surface area (Å²) in [5, 5.41) is 6.70. The molecule has 1 aromatic carbocycles. The number of rotatable bonds is 4. The van der Waals surface area contributed by atoms with Gasteiger partial charge in [0.15, 0.2) is 11.6 Å². The molecule has 25 heavy (non-hydrogen) atoms. The van der Waals surface area contributed by atoms with Crippen LogP contribution in [0.25, 0.3) is 11.3 Å². The van der Waals surface area contributed by atoms with Crippen LogP contribution in [0.15, 0.2) is 35.3 Å². The van der Waals surface area contributed by atoms with Crippen molar-refractivity contribution in [1.82, 2.24) is 15.1 Å². The van der Waals surface area contributed by atoms with Gasteiger partial charge in [0.2, 0.25) is 0 Å². The number of hydrogen-bond donors (Lipinski definition) is 2. The molecule has 0 aliphatic rings. The number of nitrogens with zero attached hydrogens (tertiary/aromatic N) is 3. The smallest absolute Gasteiger partial charge is 0.261 e. The monoisotopic (exact) mass is 379 g/mol. The molecule has 0 atom stereocenters. The minimum Gasteiger partial charge on any atom is -0.495 e. The molecule has 2 heterocycles. The quantitative estimate of drug-likeness (QED) is 0.713. The molecule has 0 aliphatic carbocycles. The van der Waals surface area contributed by atoms with E-state index in [-0.39, 0.29) is 17.2 Å². The number of hydrogen-bond acceptors (Lipinski definition) is 7. The van der Waals surface area contributed by atoms with Gasteiger partial charge in [-0.1, -0.05) is 28.4 Å². The maximum Gasteiger partial charge on any atom is 0.261 e. The van der Waals surface area contributed by atoms with Gasteiger partial charge in [0.1, 0.15) is 17.7 Å². The van der Waals surface area contributed by atoms with E-state index in [4.69, 9.17) is 33.7 Å². The highest BCUT2D eigenvalue weighted by molar-refractivity contribution is 6.36. The van der Waals surface area contributed by atoms with Gasteiger partial charge in [-0.2, -0.15) is 0 Å². The van der Waals surface area contributed by atoms with Crippen LogP contribution < -0.4 is 15.8 Å². The van der Waals surface area contributed by atoms with Gasteiger partial charge in [0.05, 0.1) is 30.1 Å². The normalized spacial score (nSPS) is 10.5. The Morgan fingerprint density at radius 2 is 2.12 bits per heavy atom. The van der Waals surface area contributed by atoms with E-state index in [1.165, 1.54) is 25.8 Å².